The van der Waals surface area contributed by atoms with Crippen molar-refractivity contribution in [1.82, 2.24) is 4.98 Å². The number of rotatable bonds is 4. The molecule has 1 heterocycles. The molecule has 0 bridgehead atoms. The first kappa shape index (κ1) is 13.4. The lowest BCUT2D eigenvalue weighted by molar-refractivity contribution is 0.229. The molecule has 2 rings (SSSR count). The molecule has 0 spiro atoms. The summed E-state index contributed by atoms with van der Waals surface area (Å²) >= 11 is 0. The first-order valence-corrected chi connectivity index (χ1v) is 6.44. The fourth-order valence-electron chi connectivity index (χ4n) is 2.11. The van der Waals surface area contributed by atoms with Crippen LogP contribution in [0, 0.1) is 6.92 Å². The predicted molar refractivity (Wildman–Crippen MR) is 74.6 cm³/mol. The molecule has 0 radical (unpaired) electrons. The first-order valence-electron chi connectivity index (χ1n) is 6.44. The Bertz CT molecular complexity index is 662. The van der Waals surface area contributed by atoms with Gasteiger partial charge in [-0.05, 0) is 37.5 Å². The molecule has 0 saturated heterocycles. The Hall–Kier alpha value is -2.04. The minimum Gasteiger partial charge on any atom is -0.450 e. The van der Waals surface area contributed by atoms with Crippen LogP contribution in [0.5, 0.6) is 6.08 Å². The van der Waals surface area contributed by atoms with E-state index in [-0.39, 0.29) is 6.08 Å². The monoisotopic (exact) mass is 262 g/mol. The summed E-state index contributed by atoms with van der Waals surface area (Å²) < 4.78 is 10.3. The van der Waals surface area contributed by atoms with Crippen molar-refractivity contribution >= 4 is 16.6 Å². The van der Waals surface area contributed by atoms with Crippen LogP contribution in [0.3, 0.4) is 0 Å². The van der Waals surface area contributed by atoms with Gasteiger partial charge >= 0.3 is 11.7 Å². The van der Waals surface area contributed by atoms with Crippen molar-refractivity contribution in [3.8, 4) is 6.08 Å². The van der Waals surface area contributed by atoms with Gasteiger partial charge in [0.25, 0.3) is 0 Å². The molecule has 0 amide bonds. The molecule has 5 nitrogen and oxygen atoms in total. The largest absolute Gasteiger partial charge is 0.450 e. The summed E-state index contributed by atoms with van der Waals surface area (Å²) in [6, 6.07) is 1.83. The molecular weight excluding hydrogens is 244 g/mol. The molecule has 0 aliphatic carbocycles. The fraction of sp³-hybridized carbons (Fsp3) is 0.429. The molecule has 102 valence electrons. The van der Waals surface area contributed by atoms with E-state index in [9.17, 15) is 4.79 Å². The standard InChI is InChI=1S/C14H18N2O3/c1-4-6-9-7-10(15)8(3)12-11(9)13(17)19-14(16-12)18-5-2/h7H,4-6,15H2,1-3H3. The molecule has 0 unspecified atom stereocenters. The third kappa shape index (κ3) is 2.41. The summed E-state index contributed by atoms with van der Waals surface area (Å²) in [5, 5.41) is 0.511. The van der Waals surface area contributed by atoms with Crippen molar-refractivity contribution < 1.29 is 9.15 Å². The number of ether oxygens (including phenoxy) is 1. The second-order valence-corrected chi connectivity index (χ2v) is 4.42. The number of fused-ring (bicyclic) bond motifs is 1. The summed E-state index contributed by atoms with van der Waals surface area (Å²) in [5.41, 5.74) is 8.43. The molecule has 0 aliphatic rings. The summed E-state index contributed by atoms with van der Waals surface area (Å²) in [7, 11) is 0. The summed E-state index contributed by atoms with van der Waals surface area (Å²) in [6.07, 6.45) is 1.68. The predicted octanol–water partition coefficient (Wildman–Crippen LogP) is 2.43. The van der Waals surface area contributed by atoms with E-state index in [0.29, 0.717) is 23.2 Å². The van der Waals surface area contributed by atoms with Gasteiger partial charge in [-0.15, -0.1) is 0 Å². The molecule has 1 aromatic carbocycles. The van der Waals surface area contributed by atoms with Gasteiger partial charge in [0.1, 0.15) is 0 Å². The number of aromatic nitrogens is 1. The van der Waals surface area contributed by atoms with Crippen LogP contribution in [-0.4, -0.2) is 11.6 Å². The first-order chi connectivity index (χ1) is 9.08. The highest BCUT2D eigenvalue weighted by Gasteiger charge is 2.15. The third-order valence-electron chi connectivity index (χ3n) is 3.05. The maximum atomic E-state index is 12.1. The Morgan fingerprint density at radius 1 is 1.42 bits per heavy atom. The van der Waals surface area contributed by atoms with Gasteiger partial charge in [-0.25, -0.2) is 4.79 Å². The number of hydrogen-bond acceptors (Lipinski definition) is 5. The van der Waals surface area contributed by atoms with Crippen LogP contribution in [-0.2, 0) is 6.42 Å². The summed E-state index contributed by atoms with van der Waals surface area (Å²) in [6.45, 7) is 6.09. The molecule has 2 N–H and O–H groups in total. The minimum atomic E-state index is -0.417. The number of hydrogen-bond donors (Lipinski definition) is 1. The second-order valence-electron chi connectivity index (χ2n) is 4.42. The second kappa shape index (κ2) is 5.30. The maximum Gasteiger partial charge on any atom is 0.397 e. The number of nitrogens with zero attached hydrogens (tertiary/aromatic N) is 1. The zero-order valence-electron chi connectivity index (χ0n) is 11.4. The molecule has 0 aliphatic heterocycles. The van der Waals surface area contributed by atoms with Gasteiger partial charge in [0.2, 0.25) is 0 Å². The minimum absolute atomic E-state index is 0.00357. The van der Waals surface area contributed by atoms with E-state index in [0.717, 1.165) is 24.0 Å². The lowest BCUT2D eigenvalue weighted by atomic mass is 10.0. The van der Waals surface area contributed by atoms with Crippen LogP contribution >= 0.6 is 0 Å². The summed E-state index contributed by atoms with van der Waals surface area (Å²) in [4.78, 5) is 16.4. The summed E-state index contributed by atoms with van der Waals surface area (Å²) in [5.74, 6) is 0. The van der Waals surface area contributed by atoms with Crippen molar-refractivity contribution in [2.24, 2.45) is 0 Å². The molecule has 1 aromatic heterocycles. The number of nitrogen functional groups attached to an aromatic ring is 1. The van der Waals surface area contributed by atoms with E-state index >= 15 is 0 Å². The van der Waals surface area contributed by atoms with Crippen molar-refractivity contribution in [2.45, 2.75) is 33.6 Å². The normalized spacial score (nSPS) is 10.9. The van der Waals surface area contributed by atoms with Crippen LogP contribution in [0.2, 0.25) is 0 Å². The fourth-order valence-corrected chi connectivity index (χ4v) is 2.11. The van der Waals surface area contributed by atoms with E-state index in [1.165, 1.54) is 0 Å². The molecule has 19 heavy (non-hydrogen) atoms. The molecular formula is C14H18N2O3. The zero-order chi connectivity index (χ0) is 14.0. The van der Waals surface area contributed by atoms with Gasteiger partial charge in [0, 0.05) is 5.69 Å². The average Bonchev–Trinajstić information content (AvgIpc) is 2.36. The van der Waals surface area contributed by atoms with E-state index in [1.54, 1.807) is 6.92 Å². The van der Waals surface area contributed by atoms with Gasteiger partial charge in [-0.3, -0.25) is 0 Å². The SMILES string of the molecule is CCCc1cc(N)c(C)c2nc(OCC)oc(=O)c12. The molecule has 2 aromatic rings. The van der Waals surface area contributed by atoms with E-state index < -0.39 is 5.63 Å². The van der Waals surface area contributed by atoms with Crippen LogP contribution in [0.15, 0.2) is 15.3 Å². The topological polar surface area (TPSA) is 78.3 Å². The van der Waals surface area contributed by atoms with Gasteiger partial charge in [0.15, 0.2) is 0 Å². The van der Waals surface area contributed by atoms with E-state index in [1.807, 2.05) is 19.9 Å². The van der Waals surface area contributed by atoms with Gasteiger partial charge in [-0.2, -0.15) is 4.98 Å². The smallest absolute Gasteiger partial charge is 0.397 e. The highest BCUT2D eigenvalue weighted by Crippen LogP contribution is 2.26. The van der Waals surface area contributed by atoms with Gasteiger partial charge in [-0.1, -0.05) is 13.3 Å². The third-order valence-corrected chi connectivity index (χ3v) is 3.05. The van der Waals surface area contributed by atoms with Crippen LogP contribution in [0.4, 0.5) is 5.69 Å². The van der Waals surface area contributed by atoms with E-state index in [2.05, 4.69) is 4.98 Å². The Morgan fingerprint density at radius 2 is 2.16 bits per heavy atom. The van der Waals surface area contributed by atoms with Crippen molar-refractivity contribution in [3.05, 3.63) is 27.6 Å². The molecule has 0 atom stereocenters. The lowest BCUT2D eigenvalue weighted by Gasteiger charge is -2.10. The molecule has 0 saturated carbocycles. The molecule has 0 fully saturated rings. The zero-order valence-corrected chi connectivity index (χ0v) is 11.4. The van der Waals surface area contributed by atoms with Gasteiger partial charge < -0.3 is 14.9 Å². The van der Waals surface area contributed by atoms with Crippen LogP contribution in [0.1, 0.15) is 31.4 Å². The highest BCUT2D eigenvalue weighted by atomic mass is 16.6. The quantitative estimate of drug-likeness (QED) is 0.856. The Balaban J connectivity index is 2.80. The van der Waals surface area contributed by atoms with E-state index in [4.69, 9.17) is 14.9 Å². The number of aryl methyl sites for hydroxylation is 2. The van der Waals surface area contributed by atoms with Crippen molar-refractivity contribution in [1.29, 1.82) is 0 Å². The van der Waals surface area contributed by atoms with Crippen molar-refractivity contribution in [3.63, 3.8) is 0 Å². The van der Waals surface area contributed by atoms with Gasteiger partial charge in [0.05, 0.1) is 17.5 Å². The van der Waals surface area contributed by atoms with Crippen LogP contribution < -0.4 is 16.1 Å². The Morgan fingerprint density at radius 3 is 2.79 bits per heavy atom. The Labute approximate surface area is 111 Å². The number of nitrogens with two attached hydrogens (primary N) is 1. The lowest BCUT2D eigenvalue weighted by Crippen LogP contribution is -2.09. The number of anilines is 1. The van der Waals surface area contributed by atoms with Crippen molar-refractivity contribution in [2.75, 3.05) is 12.3 Å². The highest BCUT2D eigenvalue weighted by molar-refractivity contribution is 5.88. The van der Waals surface area contributed by atoms with Crippen LogP contribution in [0.25, 0.3) is 10.9 Å². The number of benzene rings is 1. The molecule has 5 heteroatoms. The average molecular weight is 262 g/mol. The maximum absolute atomic E-state index is 12.1. The Kier molecular flexibility index (Phi) is 3.74.